The molecule has 1 aliphatic carbocycles. The molecule has 2 aliphatic rings. The van der Waals surface area contributed by atoms with E-state index in [0.29, 0.717) is 11.2 Å². The molecule has 0 spiro atoms. The number of nitrogen functional groups attached to an aromatic ring is 1. The molecule has 3 rings (SSSR count). The van der Waals surface area contributed by atoms with Crippen LogP contribution in [0.2, 0.25) is 0 Å². The Bertz CT molecular complexity index is 435. The molecule has 2 N–H and O–H groups in total. The van der Waals surface area contributed by atoms with Crippen molar-refractivity contribution < 1.29 is 4.74 Å². The second-order valence-corrected chi connectivity index (χ2v) is 7.20. The van der Waals surface area contributed by atoms with E-state index in [-0.39, 0.29) is 0 Å². The molecule has 1 aromatic heterocycles. The van der Waals surface area contributed by atoms with Gasteiger partial charge < -0.3 is 15.4 Å². The molecule has 112 valence electrons. The Morgan fingerprint density at radius 1 is 1.50 bits per heavy atom. The number of hydrogen-bond acceptors (Lipinski definition) is 6. The first-order valence-corrected chi connectivity index (χ1v) is 8.23. The molecule has 1 atom stereocenters. The normalized spacial score (nSPS) is 24.4. The average Bonchev–Trinajstić information content (AvgIpc) is 3.11. The minimum absolute atomic E-state index is 0.331. The Morgan fingerprint density at radius 3 is 3.00 bits per heavy atom. The maximum atomic E-state index is 5.90. The number of morpholine rings is 1. The lowest BCUT2D eigenvalue weighted by Crippen LogP contribution is -2.46. The fourth-order valence-corrected chi connectivity index (χ4v) is 3.48. The molecule has 0 aromatic carbocycles. The van der Waals surface area contributed by atoms with E-state index in [1.54, 1.807) is 11.3 Å². The smallest absolute Gasteiger partial charge is 0.180 e. The van der Waals surface area contributed by atoms with Crippen LogP contribution in [0.1, 0.15) is 17.7 Å². The van der Waals surface area contributed by atoms with Crippen LogP contribution in [0.5, 0.6) is 0 Å². The van der Waals surface area contributed by atoms with E-state index in [1.807, 2.05) is 6.20 Å². The highest BCUT2D eigenvalue weighted by Gasteiger charge is 2.27. The third-order valence-electron chi connectivity index (χ3n) is 3.97. The van der Waals surface area contributed by atoms with E-state index < -0.39 is 0 Å². The molecule has 20 heavy (non-hydrogen) atoms. The lowest BCUT2D eigenvalue weighted by Gasteiger charge is -2.33. The summed E-state index contributed by atoms with van der Waals surface area (Å²) in [7, 11) is 2.17. The van der Waals surface area contributed by atoms with Gasteiger partial charge in [-0.1, -0.05) is 0 Å². The quantitative estimate of drug-likeness (QED) is 0.857. The summed E-state index contributed by atoms with van der Waals surface area (Å²) in [5.41, 5.74) is 5.73. The molecule has 0 bridgehead atoms. The van der Waals surface area contributed by atoms with Gasteiger partial charge in [0.1, 0.15) is 0 Å². The predicted molar refractivity (Wildman–Crippen MR) is 81.8 cm³/mol. The van der Waals surface area contributed by atoms with E-state index >= 15 is 0 Å². The van der Waals surface area contributed by atoms with Gasteiger partial charge in [0.05, 0.1) is 12.7 Å². The van der Waals surface area contributed by atoms with E-state index in [9.17, 15) is 0 Å². The number of ether oxygens (including phenoxy) is 1. The molecule has 6 heteroatoms. The van der Waals surface area contributed by atoms with Crippen molar-refractivity contribution >= 4 is 16.5 Å². The summed E-state index contributed by atoms with van der Waals surface area (Å²) in [6.07, 6.45) is 5.01. The summed E-state index contributed by atoms with van der Waals surface area (Å²) in [6.45, 7) is 6.08. The molecule has 1 saturated heterocycles. The van der Waals surface area contributed by atoms with Gasteiger partial charge in [0.15, 0.2) is 5.13 Å². The minimum atomic E-state index is 0.331. The van der Waals surface area contributed by atoms with Crippen molar-refractivity contribution in [1.82, 2.24) is 14.8 Å². The Hall–Kier alpha value is -0.690. The number of hydrogen-bond donors (Lipinski definition) is 1. The summed E-state index contributed by atoms with van der Waals surface area (Å²) in [5.74, 6) is 0.890. The van der Waals surface area contributed by atoms with E-state index in [0.717, 1.165) is 38.7 Å². The second-order valence-electron chi connectivity index (χ2n) is 6.06. The highest BCUT2D eigenvalue weighted by Crippen LogP contribution is 2.31. The number of nitrogens with zero attached hydrogens (tertiary/aromatic N) is 3. The monoisotopic (exact) mass is 296 g/mol. The van der Waals surface area contributed by atoms with Crippen molar-refractivity contribution in [3.05, 3.63) is 11.1 Å². The van der Waals surface area contributed by atoms with Crippen molar-refractivity contribution in [2.45, 2.75) is 25.5 Å². The Balaban J connectivity index is 1.56. The summed E-state index contributed by atoms with van der Waals surface area (Å²) < 4.78 is 5.90. The maximum absolute atomic E-state index is 5.90. The van der Waals surface area contributed by atoms with Crippen LogP contribution in [0, 0.1) is 5.92 Å². The van der Waals surface area contributed by atoms with E-state index in [4.69, 9.17) is 10.5 Å². The largest absolute Gasteiger partial charge is 0.375 e. The average molecular weight is 296 g/mol. The summed E-state index contributed by atoms with van der Waals surface area (Å²) >= 11 is 1.60. The maximum Gasteiger partial charge on any atom is 0.180 e. The summed E-state index contributed by atoms with van der Waals surface area (Å²) in [6, 6.07) is 0. The minimum Gasteiger partial charge on any atom is -0.375 e. The van der Waals surface area contributed by atoms with Crippen LogP contribution in [-0.4, -0.2) is 60.7 Å². The number of thiazole rings is 1. The zero-order valence-electron chi connectivity index (χ0n) is 12.1. The molecule has 1 unspecified atom stereocenters. The first kappa shape index (κ1) is 14.3. The predicted octanol–water partition coefficient (Wildman–Crippen LogP) is 1.27. The zero-order chi connectivity index (χ0) is 13.9. The highest BCUT2D eigenvalue weighted by atomic mass is 32.1. The number of anilines is 1. The molecule has 1 aliphatic heterocycles. The summed E-state index contributed by atoms with van der Waals surface area (Å²) in [5, 5.41) is 0.667. The van der Waals surface area contributed by atoms with E-state index in [2.05, 4.69) is 21.8 Å². The van der Waals surface area contributed by atoms with Gasteiger partial charge >= 0.3 is 0 Å². The van der Waals surface area contributed by atoms with Gasteiger partial charge in [-0.15, -0.1) is 11.3 Å². The van der Waals surface area contributed by atoms with Crippen LogP contribution in [0.3, 0.4) is 0 Å². The van der Waals surface area contributed by atoms with Crippen molar-refractivity contribution in [2.75, 3.05) is 45.6 Å². The molecule has 0 radical (unpaired) electrons. The third-order valence-corrected chi connectivity index (χ3v) is 4.78. The lowest BCUT2D eigenvalue weighted by atomic mass is 10.2. The van der Waals surface area contributed by atoms with Crippen molar-refractivity contribution in [3.8, 4) is 0 Å². The Morgan fingerprint density at radius 2 is 2.35 bits per heavy atom. The molecular weight excluding hydrogens is 272 g/mol. The van der Waals surface area contributed by atoms with Gasteiger partial charge in [0.2, 0.25) is 0 Å². The van der Waals surface area contributed by atoms with Crippen molar-refractivity contribution in [1.29, 1.82) is 0 Å². The molecular formula is C14H24N4OS. The lowest BCUT2D eigenvalue weighted by molar-refractivity contribution is -0.0371. The Kier molecular flexibility index (Phi) is 4.55. The molecule has 1 saturated carbocycles. The van der Waals surface area contributed by atoms with Crippen LogP contribution >= 0.6 is 11.3 Å². The fourth-order valence-electron chi connectivity index (χ4n) is 2.75. The number of nitrogens with two attached hydrogens (primary N) is 1. The second kappa shape index (κ2) is 6.39. The number of likely N-dealkylation sites (N-methyl/N-ethyl adjacent to an activating group) is 1. The molecule has 0 amide bonds. The SMILES string of the molecule is CN1CCOC(CN(Cc2cnc(N)s2)CC2CC2)C1. The molecule has 5 nitrogen and oxygen atoms in total. The molecule has 1 aromatic rings. The van der Waals surface area contributed by atoms with Gasteiger partial charge in [-0.25, -0.2) is 4.98 Å². The summed E-state index contributed by atoms with van der Waals surface area (Å²) in [4.78, 5) is 10.3. The van der Waals surface area contributed by atoms with Crippen LogP contribution in [-0.2, 0) is 11.3 Å². The first-order chi connectivity index (χ1) is 9.69. The van der Waals surface area contributed by atoms with Crippen molar-refractivity contribution in [2.24, 2.45) is 5.92 Å². The van der Waals surface area contributed by atoms with Gasteiger partial charge in [0.25, 0.3) is 0 Å². The third kappa shape index (κ3) is 4.15. The topological polar surface area (TPSA) is 54.6 Å². The van der Waals surface area contributed by atoms with Crippen LogP contribution in [0.15, 0.2) is 6.20 Å². The molecule has 2 heterocycles. The highest BCUT2D eigenvalue weighted by molar-refractivity contribution is 7.15. The van der Waals surface area contributed by atoms with Crippen molar-refractivity contribution in [3.63, 3.8) is 0 Å². The zero-order valence-corrected chi connectivity index (χ0v) is 12.9. The van der Waals surface area contributed by atoms with Crippen LogP contribution in [0.4, 0.5) is 5.13 Å². The van der Waals surface area contributed by atoms with Crippen LogP contribution < -0.4 is 5.73 Å². The number of rotatable bonds is 6. The molecule has 2 fully saturated rings. The van der Waals surface area contributed by atoms with E-state index in [1.165, 1.54) is 24.3 Å². The van der Waals surface area contributed by atoms with Gasteiger partial charge in [-0.05, 0) is 25.8 Å². The standard InChI is InChI=1S/C14H24N4OS/c1-17-4-5-19-12(8-17)9-18(7-11-2-3-11)10-13-6-16-14(15)20-13/h6,11-12H,2-5,7-10H2,1H3,(H2,15,16). The fraction of sp³-hybridized carbons (Fsp3) is 0.786. The van der Waals surface area contributed by atoms with Gasteiger partial charge in [0, 0.05) is 43.8 Å². The van der Waals surface area contributed by atoms with Gasteiger partial charge in [-0.3, -0.25) is 4.90 Å². The number of aromatic nitrogens is 1. The van der Waals surface area contributed by atoms with Gasteiger partial charge in [-0.2, -0.15) is 0 Å². The Labute approximate surface area is 124 Å². The van der Waals surface area contributed by atoms with Crippen LogP contribution in [0.25, 0.3) is 0 Å². The first-order valence-electron chi connectivity index (χ1n) is 7.41.